The fourth-order valence-corrected chi connectivity index (χ4v) is 4.63. The minimum atomic E-state index is -0.000520. The zero-order valence-electron chi connectivity index (χ0n) is 20.2. The summed E-state index contributed by atoms with van der Waals surface area (Å²) in [7, 11) is 0. The van der Waals surface area contributed by atoms with Crippen molar-refractivity contribution < 1.29 is 14.3 Å². The Morgan fingerprint density at radius 1 is 1.06 bits per heavy atom. The number of carbonyl (C=O) groups excluding carboxylic acids is 1. The standard InChI is InChI=1S/C28H29N5O3/c29-19-23-18-22(3-6-27(23)36-25-8-11-32(20-34)12-9-25)26-7-10-30-28(31-26)17-21-1-4-24(5-2-21)33-13-15-35-16-14-33/h1-7,10,18,20,25H,8-9,11-17H2. The molecule has 0 radical (unpaired) electrons. The molecule has 2 aliphatic heterocycles. The Kier molecular flexibility index (Phi) is 7.39. The second-order valence-electron chi connectivity index (χ2n) is 9.08. The van der Waals surface area contributed by atoms with E-state index in [0.717, 1.165) is 68.2 Å². The molecule has 5 rings (SSSR count). The average Bonchev–Trinajstić information content (AvgIpc) is 2.95. The Hall–Kier alpha value is -3.96. The van der Waals surface area contributed by atoms with Crippen LogP contribution in [0.3, 0.4) is 0 Å². The minimum Gasteiger partial charge on any atom is -0.489 e. The van der Waals surface area contributed by atoms with Crippen molar-refractivity contribution in [2.24, 2.45) is 0 Å². The molecule has 3 aromatic rings. The number of ether oxygens (including phenoxy) is 2. The summed E-state index contributed by atoms with van der Waals surface area (Å²) < 4.78 is 11.5. The fraction of sp³-hybridized carbons (Fsp3) is 0.357. The Morgan fingerprint density at radius 2 is 1.83 bits per heavy atom. The zero-order valence-corrected chi connectivity index (χ0v) is 20.2. The lowest BCUT2D eigenvalue weighted by atomic mass is 10.1. The number of anilines is 1. The molecule has 36 heavy (non-hydrogen) atoms. The third-order valence-electron chi connectivity index (χ3n) is 6.70. The molecule has 0 aliphatic carbocycles. The quantitative estimate of drug-likeness (QED) is 0.476. The van der Waals surface area contributed by atoms with Crippen LogP contribution in [0.15, 0.2) is 54.7 Å². The van der Waals surface area contributed by atoms with Crippen LogP contribution in [0, 0.1) is 11.3 Å². The molecule has 0 saturated carbocycles. The molecular formula is C28H29N5O3. The van der Waals surface area contributed by atoms with Gasteiger partial charge in [-0.05, 0) is 42.0 Å². The van der Waals surface area contributed by atoms with Gasteiger partial charge in [-0.3, -0.25) is 4.79 Å². The van der Waals surface area contributed by atoms with Crippen LogP contribution in [-0.4, -0.2) is 66.8 Å². The number of likely N-dealkylation sites (tertiary alicyclic amines) is 1. The van der Waals surface area contributed by atoms with Crippen LogP contribution in [0.1, 0.15) is 29.8 Å². The lowest BCUT2D eigenvalue weighted by molar-refractivity contribution is -0.119. The van der Waals surface area contributed by atoms with Crippen molar-refractivity contribution in [2.45, 2.75) is 25.4 Å². The van der Waals surface area contributed by atoms with Crippen molar-refractivity contribution in [1.29, 1.82) is 5.26 Å². The smallest absolute Gasteiger partial charge is 0.209 e. The van der Waals surface area contributed by atoms with Crippen LogP contribution in [-0.2, 0) is 16.0 Å². The van der Waals surface area contributed by atoms with Gasteiger partial charge in [0.2, 0.25) is 6.41 Å². The third kappa shape index (κ3) is 5.64. The molecule has 0 spiro atoms. The number of carbonyl (C=O) groups is 1. The number of piperidine rings is 1. The van der Waals surface area contributed by atoms with Gasteiger partial charge in [0.15, 0.2) is 0 Å². The number of nitrogens with zero attached hydrogens (tertiary/aromatic N) is 5. The van der Waals surface area contributed by atoms with Crippen molar-refractivity contribution in [2.75, 3.05) is 44.3 Å². The summed E-state index contributed by atoms with van der Waals surface area (Å²) in [4.78, 5) is 24.2. The predicted octanol–water partition coefficient (Wildman–Crippen LogP) is 3.44. The van der Waals surface area contributed by atoms with Crippen molar-refractivity contribution in [3.63, 3.8) is 0 Å². The number of morpholine rings is 1. The average molecular weight is 484 g/mol. The maximum absolute atomic E-state index is 10.9. The van der Waals surface area contributed by atoms with E-state index in [4.69, 9.17) is 14.5 Å². The summed E-state index contributed by atoms with van der Waals surface area (Å²) in [5.74, 6) is 1.30. The first kappa shape index (κ1) is 23.8. The largest absolute Gasteiger partial charge is 0.489 e. The van der Waals surface area contributed by atoms with E-state index < -0.39 is 0 Å². The van der Waals surface area contributed by atoms with E-state index in [1.54, 1.807) is 11.1 Å². The maximum atomic E-state index is 10.9. The first-order chi connectivity index (χ1) is 17.7. The van der Waals surface area contributed by atoms with Gasteiger partial charge in [-0.25, -0.2) is 9.97 Å². The van der Waals surface area contributed by atoms with Crippen LogP contribution in [0.25, 0.3) is 11.3 Å². The zero-order chi connectivity index (χ0) is 24.7. The number of benzene rings is 2. The first-order valence-corrected chi connectivity index (χ1v) is 12.4. The van der Waals surface area contributed by atoms with Gasteiger partial charge in [0.05, 0.1) is 24.5 Å². The van der Waals surface area contributed by atoms with E-state index in [-0.39, 0.29) is 6.10 Å². The molecule has 2 aliphatic rings. The van der Waals surface area contributed by atoms with Gasteiger partial charge in [-0.15, -0.1) is 0 Å². The number of nitriles is 1. The lowest BCUT2D eigenvalue weighted by Gasteiger charge is -2.29. The van der Waals surface area contributed by atoms with Gasteiger partial charge in [0.25, 0.3) is 0 Å². The SMILES string of the molecule is N#Cc1cc(-c2ccnc(Cc3ccc(N4CCOCC4)cc3)n2)ccc1OC1CCN(C=O)CC1. The van der Waals surface area contributed by atoms with Crippen molar-refractivity contribution in [3.05, 3.63) is 71.7 Å². The second kappa shape index (κ2) is 11.2. The molecule has 2 saturated heterocycles. The van der Waals surface area contributed by atoms with Crippen molar-refractivity contribution in [3.8, 4) is 23.1 Å². The summed E-state index contributed by atoms with van der Waals surface area (Å²) in [5, 5.41) is 9.74. The highest BCUT2D eigenvalue weighted by Gasteiger charge is 2.21. The number of aromatic nitrogens is 2. The highest BCUT2D eigenvalue weighted by atomic mass is 16.5. The second-order valence-corrected chi connectivity index (χ2v) is 9.08. The summed E-state index contributed by atoms with van der Waals surface area (Å²) >= 11 is 0. The normalized spacial score (nSPS) is 16.4. The Labute approximate surface area is 211 Å². The van der Waals surface area contributed by atoms with E-state index in [1.807, 2.05) is 24.3 Å². The summed E-state index contributed by atoms with van der Waals surface area (Å²) in [5.41, 5.74) is 4.45. The van der Waals surface area contributed by atoms with Crippen LogP contribution >= 0.6 is 0 Å². The maximum Gasteiger partial charge on any atom is 0.209 e. The van der Waals surface area contributed by atoms with Gasteiger partial charge in [-0.2, -0.15) is 5.26 Å². The molecular weight excluding hydrogens is 454 g/mol. The Bertz CT molecular complexity index is 1230. The van der Waals surface area contributed by atoms with E-state index in [1.165, 1.54) is 5.69 Å². The fourth-order valence-electron chi connectivity index (χ4n) is 4.63. The highest BCUT2D eigenvalue weighted by Crippen LogP contribution is 2.28. The number of hydrogen-bond acceptors (Lipinski definition) is 7. The van der Waals surface area contributed by atoms with Crippen LogP contribution < -0.4 is 9.64 Å². The van der Waals surface area contributed by atoms with E-state index in [2.05, 4.69) is 40.2 Å². The molecule has 184 valence electrons. The molecule has 3 heterocycles. The van der Waals surface area contributed by atoms with Crippen LogP contribution in [0.4, 0.5) is 5.69 Å². The van der Waals surface area contributed by atoms with Crippen LogP contribution in [0.5, 0.6) is 5.75 Å². The van der Waals surface area contributed by atoms with Gasteiger partial charge in [0.1, 0.15) is 23.7 Å². The molecule has 0 atom stereocenters. The molecule has 2 fully saturated rings. The first-order valence-electron chi connectivity index (χ1n) is 12.4. The minimum absolute atomic E-state index is 0.000520. The topological polar surface area (TPSA) is 91.6 Å². The van der Waals surface area contributed by atoms with E-state index >= 15 is 0 Å². The molecule has 8 nitrogen and oxygen atoms in total. The lowest BCUT2D eigenvalue weighted by Crippen LogP contribution is -2.37. The summed E-state index contributed by atoms with van der Waals surface area (Å²) in [6.45, 7) is 4.71. The molecule has 0 unspecified atom stereocenters. The molecule has 0 bridgehead atoms. The third-order valence-corrected chi connectivity index (χ3v) is 6.70. The Morgan fingerprint density at radius 3 is 2.56 bits per heavy atom. The van der Waals surface area contributed by atoms with Crippen LogP contribution in [0.2, 0.25) is 0 Å². The van der Waals surface area contributed by atoms with Crippen molar-refractivity contribution in [1.82, 2.24) is 14.9 Å². The summed E-state index contributed by atoms with van der Waals surface area (Å²) in [6.07, 6.45) is 4.78. The number of amides is 1. The van der Waals surface area contributed by atoms with Gasteiger partial charge < -0.3 is 19.3 Å². The Balaban J connectivity index is 1.27. The molecule has 1 amide bonds. The molecule has 0 N–H and O–H groups in total. The summed E-state index contributed by atoms with van der Waals surface area (Å²) in [6, 6.07) is 18.2. The number of hydrogen-bond donors (Lipinski definition) is 0. The molecule has 8 heteroatoms. The van der Waals surface area contributed by atoms with Crippen molar-refractivity contribution >= 4 is 12.1 Å². The predicted molar refractivity (Wildman–Crippen MR) is 136 cm³/mol. The number of rotatable bonds is 7. The van der Waals surface area contributed by atoms with E-state index in [9.17, 15) is 10.1 Å². The highest BCUT2D eigenvalue weighted by molar-refractivity contribution is 5.64. The molecule has 1 aromatic heterocycles. The molecule has 2 aromatic carbocycles. The van der Waals surface area contributed by atoms with E-state index in [0.29, 0.717) is 30.8 Å². The monoisotopic (exact) mass is 483 g/mol. The van der Waals surface area contributed by atoms with Gasteiger partial charge >= 0.3 is 0 Å². The van der Waals surface area contributed by atoms with Gasteiger partial charge in [-0.1, -0.05) is 12.1 Å². The van der Waals surface area contributed by atoms with Gasteiger partial charge in [0, 0.05) is 62.9 Å².